The Kier molecular flexibility index (Phi) is 3.65. The van der Waals surface area contributed by atoms with Crippen molar-refractivity contribution in [1.82, 2.24) is 9.55 Å². The molecule has 0 radical (unpaired) electrons. The first-order chi connectivity index (χ1) is 6.16. The highest BCUT2D eigenvalue weighted by atomic mass is 127. The minimum absolute atomic E-state index is 0.0370. The zero-order chi connectivity index (χ0) is 9.84. The average molecular weight is 290 g/mol. The zero-order valence-electron chi connectivity index (χ0n) is 7.46. The number of hydrogen-bond donors (Lipinski definition) is 0. The molecule has 0 aromatic carbocycles. The lowest BCUT2D eigenvalue weighted by atomic mass is 10.4. The zero-order valence-corrected chi connectivity index (χ0v) is 9.61. The van der Waals surface area contributed by atoms with Gasteiger partial charge in [-0.2, -0.15) is 0 Å². The molecule has 0 amide bonds. The molecule has 0 bridgehead atoms. The van der Waals surface area contributed by atoms with Gasteiger partial charge in [-0.15, -0.1) is 6.58 Å². The minimum atomic E-state index is 0.0370. The van der Waals surface area contributed by atoms with E-state index in [-0.39, 0.29) is 5.56 Å². The van der Waals surface area contributed by atoms with Gasteiger partial charge in [-0.05, 0) is 35.9 Å². The summed E-state index contributed by atoms with van der Waals surface area (Å²) < 4.78 is 2.31. The SMILES string of the molecule is C=CCCn1cnc(C)c(I)c1=O. The van der Waals surface area contributed by atoms with Crippen LogP contribution >= 0.6 is 22.6 Å². The predicted octanol–water partition coefficient (Wildman–Crippen LogP) is 1.73. The lowest BCUT2D eigenvalue weighted by Crippen LogP contribution is -2.23. The van der Waals surface area contributed by atoms with Crippen molar-refractivity contribution in [3.63, 3.8) is 0 Å². The summed E-state index contributed by atoms with van der Waals surface area (Å²) in [5.41, 5.74) is 0.829. The molecule has 0 aliphatic rings. The Hall–Kier alpha value is -0.650. The van der Waals surface area contributed by atoms with Crippen LogP contribution in [0.1, 0.15) is 12.1 Å². The third-order valence-corrected chi connectivity index (χ3v) is 2.97. The lowest BCUT2D eigenvalue weighted by molar-refractivity contribution is 0.657. The molecule has 1 aromatic heterocycles. The number of aromatic nitrogens is 2. The summed E-state index contributed by atoms with van der Waals surface area (Å²) in [4.78, 5) is 15.7. The molecule has 0 saturated carbocycles. The summed E-state index contributed by atoms with van der Waals surface area (Å²) in [6, 6.07) is 0. The van der Waals surface area contributed by atoms with Gasteiger partial charge in [0.2, 0.25) is 0 Å². The van der Waals surface area contributed by atoms with Crippen LogP contribution in [0.15, 0.2) is 23.8 Å². The number of nitrogens with zero attached hydrogens (tertiary/aromatic N) is 2. The van der Waals surface area contributed by atoms with E-state index in [2.05, 4.69) is 11.6 Å². The summed E-state index contributed by atoms with van der Waals surface area (Å²) >= 11 is 2.02. The molecule has 0 atom stereocenters. The van der Waals surface area contributed by atoms with Crippen molar-refractivity contribution in [1.29, 1.82) is 0 Å². The van der Waals surface area contributed by atoms with E-state index in [1.54, 1.807) is 17.0 Å². The fraction of sp³-hybridized carbons (Fsp3) is 0.333. The predicted molar refractivity (Wildman–Crippen MR) is 60.8 cm³/mol. The van der Waals surface area contributed by atoms with Crippen LogP contribution in [0.25, 0.3) is 0 Å². The van der Waals surface area contributed by atoms with Crippen molar-refractivity contribution in [2.45, 2.75) is 19.9 Å². The van der Waals surface area contributed by atoms with E-state index in [4.69, 9.17) is 0 Å². The van der Waals surface area contributed by atoms with Crippen LogP contribution in [0.2, 0.25) is 0 Å². The van der Waals surface area contributed by atoms with Crippen molar-refractivity contribution >= 4 is 22.6 Å². The largest absolute Gasteiger partial charge is 0.298 e. The Morgan fingerprint density at radius 3 is 3.08 bits per heavy atom. The van der Waals surface area contributed by atoms with Crippen LogP contribution in [-0.4, -0.2) is 9.55 Å². The highest BCUT2D eigenvalue weighted by Crippen LogP contribution is 2.01. The monoisotopic (exact) mass is 290 g/mol. The van der Waals surface area contributed by atoms with E-state index in [0.29, 0.717) is 10.1 Å². The molecule has 1 aromatic rings. The van der Waals surface area contributed by atoms with E-state index in [9.17, 15) is 4.79 Å². The van der Waals surface area contributed by atoms with Gasteiger partial charge in [-0.1, -0.05) is 6.08 Å². The third kappa shape index (κ3) is 2.40. The maximum Gasteiger partial charge on any atom is 0.267 e. The Labute approximate surface area is 90.6 Å². The van der Waals surface area contributed by atoms with Crippen molar-refractivity contribution < 1.29 is 0 Å². The molecule has 1 heterocycles. The second kappa shape index (κ2) is 4.55. The molecule has 1 rings (SSSR count). The molecule has 70 valence electrons. The molecule has 0 saturated heterocycles. The van der Waals surface area contributed by atoms with Gasteiger partial charge in [-0.3, -0.25) is 9.36 Å². The summed E-state index contributed by atoms with van der Waals surface area (Å²) in [5, 5.41) is 0. The van der Waals surface area contributed by atoms with Crippen molar-refractivity contribution in [2.75, 3.05) is 0 Å². The quantitative estimate of drug-likeness (QED) is 0.627. The van der Waals surface area contributed by atoms with Crippen LogP contribution in [0.4, 0.5) is 0 Å². The standard InChI is InChI=1S/C9H11IN2O/c1-3-4-5-12-6-11-7(2)8(10)9(12)13/h3,6H,1,4-5H2,2H3. The molecule has 3 nitrogen and oxygen atoms in total. The normalized spacial score (nSPS) is 10.0. The van der Waals surface area contributed by atoms with E-state index < -0.39 is 0 Å². The van der Waals surface area contributed by atoms with Crippen LogP contribution in [0, 0.1) is 10.5 Å². The third-order valence-electron chi connectivity index (χ3n) is 1.73. The highest BCUT2D eigenvalue weighted by molar-refractivity contribution is 14.1. The van der Waals surface area contributed by atoms with Gasteiger partial charge >= 0.3 is 0 Å². The van der Waals surface area contributed by atoms with Crippen molar-refractivity contribution in [3.8, 4) is 0 Å². The molecule has 0 unspecified atom stereocenters. The molecule has 0 spiro atoms. The second-order valence-corrected chi connectivity index (χ2v) is 3.80. The first-order valence-corrected chi connectivity index (χ1v) is 5.07. The van der Waals surface area contributed by atoms with Crippen molar-refractivity contribution in [2.24, 2.45) is 0 Å². The summed E-state index contributed by atoms with van der Waals surface area (Å²) in [5.74, 6) is 0. The van der Waals surface area contributed by atoms with Gasteiger partial charge in [0, 0.05) is 6.54 Å². The van der Waals surface area contributed by atoms with Crippen LogP contribution in [-0.2, 0) is 6.54 Å². The number of hydrogen-bond acceptors (Lipinski definition) is 2. The van der Waals surface area contributed by atoms with E-state index in [0.717, 1.165) is 12.1 Å². The Bertz CT molecular complexity index is 370. The fourth-order valence-electron chi connectivity index (χ4n) is 0.936. The molecule has 0 fully saturated rings. The van der Waals surface area contributed by atoms with Crippen LogP contribution in [0.5, 0.6) is 0 Å². The number of allylic oxidation sites excluding steroid dienone is 1. The van der Waals surface area contributed by atoms with E-state index in [1.165, 1.54) is 0 Å². The van der Waals surface area contributed by atoms with Gasteiger partial charge in [0.05, 0.1) is 15.6 Å². The van der Waals surface area contributed by atoms with Gasteiger partial charge < -0.3 is 0 Å². The van der Waals surface area contributed by atoms with Crippen LogP contribution < -0.4 is 5.56 Å². The summed E-state index contributed by atoms with van der Waals surface area (Å²) in [6.07, 6.45) is 4.17. The molecule has 13 heavy (non-hydrogen) atoms. The molecule has 0 aliphatic heterocycles. The first kappa shape index (κ1) is 10.4. The molecule has 0 N–H and O–H groups in total. The van der Waals surface area contributed by atoms with Gasteiger partial charge in [0.1, 0.15) is 0 Å². The molecule has 0 aliphatic carbocycles. The van der Waals surface area contributed by atoms with Gasteiger partial charge in [0.25, 0.3) is 5.56 Å². The second-order valence-electron chi connectivity index (χ2n) is 2.72. The Morgan fingerprint density at radius 2 is 2.46 bits per heavy atom. The van der Waals surface area contributed by atoms with E-state index in [1.807, 2.05) is 29.5 Å². The first-order valence-electron chi connectivity index (χ1n) is 3.99. The smallest absolute Gasteiger partial charge is 0.267 e. The van der Waals surface area contributed by atoms with Crippen LogP contribution in [0.3, 0.4) is 0 Å². The fourth-order valence-corrected chi connectivity index (χ4v) is 1.38. The minimum Gasteiger partial charge on any atom is -0.298 e. The Balaban J connectivity index is 3.04. The Morgan fingerprint density at radius 1 is 1.77 bits per heavy atom. The topological polar surface area (TPSA) is 34.9 Å². The van der Waals surface area contributed by atoms with Crippen molar-refractivity contribution in [3.05, 3.63) is 38.6 Å². The molecule has 4 heteroatoms. The molecular formula is C9H11IN2O. The highest BCUT2D eigenvalue weighted by Gasteiger charge is 2.03. The summed E-state index contributed by atoms with van der Waals surface area (Å²) in [7, 11) is 0. The lowest BCUT2D eigenvalue weighted by Gasteiger charge is -2.04. The maximum atomic E-state index is 11.6. The average Bonchev–Trinajstić information content (AvgIpc) is 2.13. The molecular weight excluding hydrogens is 279 g/mol. The number of halogens is 1. The summed E-state index contributed by atoms with van der Waals surface area (Å²) in [6.45, 7) is 6.10. The van der Waals surface area contributed by atoms with Gasteiger partial charge in [-0.25, -0.2) is 4.98 Å². The number of aryl methyl sites for hydroxylation is 2. The maximum absolute atomic E-state index is 11.6. The van der Waals surface area contributed by atoms with Gasteiger partial charge in [0.15, 0.2) is 0 Å². The number of rotatable bonds is 3. The van der Waals surface area contributed by atoms with E-state index >= 15 is 0 Å².